The minimum atomic E-state index is -0.190. The SMILES string of the molecule is COCCCNC(=O)C(C)N(C)CCOCCO. The van der Waals surface area contributed by atoms with Crippen LogP contribution < -0.4 is 5.32 Å². The van der Waals surface area contributed by atoms with Crippen molar-refractivity contribution in [2.24, 2.45) is 0 Å². The quantitative estimate of drug-likeness (QED) is 0.490. The van der Waals surface area contributed by atoms with Gasteiger partial charge in [-0.3, -0.25) is 9.69 Å². The molecule has 0 saturated carbocycles. The Labute approximate surface area is 109 Å². The molecule has 0 bridgehead atoms. The van der Waals surface area contributed by atoms with E-state index >= 15 is 0 Å². The van der Waals surface area contributed by atoms with Gasteiger partial charge in [-0.05, 0) is 20.4 Å². The minimum Gasteiger partial charge on any atom is -0.394 e. The number of carbonyl (C=O) groups is 1. The second kappa shape index (κ2) is 11.4. The van der Waals surface area contributed by atoms with Crippen molar-refractivity contribution in [1.29, 1.82) is 0 Å². The fourth-order valence-corrected chi connectivity index (χ4v) is 1.34. The Morgan fingerprint density at radius 1 is 1.39 bits per heavy atom. The number of nitrogens with zero attached hydrogens (tertiary/aromatic N) is 1. The lowest BCUT2D eigenvalue weighted by Crippen LogP contribution is -2.44. The molecule has 0 fully saturated rings. The van der Waals surface area contributed by atoms with E-state index in [9.17, 15) is 4.79 Å². The van der Waals surface area contributed by atoms with Crippen LogP contribution in [0, 0.1) is 0 Å². The number of rotatable bonds is 11. The van der Waals surface area contributed by atoms with E-state index in [0.29, 0.717) is 32.9 Å². The van der Waals surface area contributed by atoms with Crippen LogP contribution in [0.2, 0.25) is 0 Å². The molecule has 0 aromatic heterocycles. The largest absolute Gasteiger partial charge is 0.394 e. The predicted molar refractivity (Wildman–Crippen MR) is 69.5 cm³/mol. The summed E-state index contributed by atoms with van der Waals surface area (Å²) >= 11 is 0. The average Bonchev–Trinajstić information content (AvgIpc) is 2.38. The maximum atomic E-state index is 11.8. The van der Waals surface area contributed by atoms with E-state index in [-0.39, 0.29) is 18.6 Å². The molecule has 0 saturated heterocycles. The van der Waals surface area contributed by atoms with E-state index in [2.05, 4.69) is 5.32 Å². The number of ether oxygens (including phenoxy) is 2. The molecule has 0 aromatic carbocycles. The second-order valence-corrected chi connectivity index (χ2v) is 4.13. The predicted octanol–water partition coefficient (Wildman–Crippen LogP) is -0.532. The lowest BCUT2D eigenvalue weighted by Gasteiger charge is -2.23. The van der Waals surface area contributed by atoms with Gasteiger partial charge in [-0.2, -0.15) is 0 Å². The van der Waals surface area contributed by atoms with Crippen molar-refractivity contribution >= 4 is 5.91 Å². The highest BCUT2D eigenvalue weighted by Crippen LogP contribution is 1.95. The summed E-state index contributed by atoms with van der Waals surface area (Å²) in [7, 11) is 3.52. The molecule has 0 rings (SSSR count). The van der Waals surface area contributed by atoms with Crippen molar-refractivity contribution in [3.63, 3.8) is 0 Å². The Morgan fingerprint density at radius 2 is 2.11 bits per heavy atom. The Morgan fingerprint density at radius 3 is 2.72 bits per heavy atom. The lowest BCUT2D eigenvalue weighted by atomic mass is 10.2. The van der Waals surface area contributed by atoms with Gasteiger partial charge in [-0.25, -0.2) is 0 Å². The Balaban J connectivity index is 3.68. The van der Waals surface area contributed by atoms with Crippen LogP contribution in [0.4, 0.5) is 0 Å². The Hall–Kier alpha value is -0.690. The normalized spacial score (nSPS) is 12.7. The maximum Gasteiger partial charge on any atom is 0.237 e. The number of methoxy groups -OCH3 is 1. The third kappa shape index (κ3) is 8.41. The fourth-order valence-electron chi connectivity index (χ4n) is 1.34. The van der Waals surface area contributed by atoms with Crippen LogP contribution in [0.1, 0.15) is 13.3 Å². The van der Waals surface area contributed by atoms with E-state index < -0.39 is 0 Å². The van der Waals surface area contributed by atoms with Gasteiger partial charge in [0, 0.05) is 26.8 Å². The summed E-state index contributed by atoms with van der Waals surface area (Å²) in [5, 5.41) is 11.4. The molecule has 1 unspecified atom stereocenters. The summed E-state index contributed by atoms with van der Waals surface area (Å²) in [4.78, 5) is 13.7. The second-order valence-electron chi connectivity index (χ2n) is 4.13. The molecular weight excluding hydrogens is 236 g/mol. The number of hydrogen-bond donors (Lipinski definition) is 2. The highest BCUT2D eigenvalue weighted by molar-refractivity contribution is 5.81. The van der Waals surface area contributed by atoms with Crippen LogP contribution >= 0.6 is 0 Å². The number of aliphatic hydroxyl groups is 1. The van der Waals surface area contributed by atoms with Crippen molar-refractivity contribution in [3.8, 4) is 0 Å². The molecule has 0 radical (unpaired) electrons. The van der Waals surface area contributed by atoms with Crippen LogP contribution in [-0.4, -0.2) is 75.6 Å². The molecule has 0 aliphatic carbocycles. The van der Waals surface area contributed by atoms with Crippen LogP contribution in [0.15, 0.2) is 0 Å². The third-order valence-electron chi connectivity index (χ3n) is 2.69. The average molecular weight is 262 g/mol. The molecule has 0 aliphatic heterocycles. The van der Waals surface area contributed by atoms with Crippen molar-refractivity contribution in [3.05, 3.63) is 0 Å². The zero-order chi connectivity index (χ0) is 13.8. The number of nitrogens with one attached hydrogen (secondary N) is 1. The van der Waals surface area contributed by atoms with Crippen LogP contribution in [0.5, 0.6) is 0 Å². The molecule has 2 N–H and O–H groups in total. The number of aliphatic hydroxyl groups excluding tert-OH is 1. The highest BCUT2D eigenvalue weighted by atomic mass is 16.5. The van der Waals surface area contributed by atoms with E-state index in [0.717, 1.165) is 6.42 Å². The molecule has 1 amide bonds. The zero-order valence-corrected chi connectivity index (χ0v) is 11.6. The van der Waals surface area contributed by atoms with E-state index in [4.69, 9.17) is 14.6 Å². The number of carbonyl (C=O) groups excluding carboxylic acids is 1. The summed E-state index contributed by atoms with van der Waals surface area (Å²) in [5.74, 6) is 0.00996. The number of likely N-dealkylation sites (N-methyl/N-ethyl adjacent to an activating group) is 1. The molecule has 0 heterocycles. The smallest absolute Gasteiger partial charge is 0.237 e. The molecular formula is C12H26N2O4. The molecule has 0 aromatic rings. The van der Waals surface area contributed by atoms with Gasteiger partial charge in [-0.1, -0.05) is 0 Å². The van der Waals surface area contributed by atoms with Gasteiger partial charge < -0.3 is 19.9 Å². The maximum absolute atomic E-state index is 11.8. The van der Waals surface area contributed by atoms with Crippen LogP contribution in [0.25, 0.3) is 0 Å². The summed E-state index contributed by atoms with van der Waals surface area (Å²) < 4.78 is 10.1. The summed E-state index contributed by atoms with van der Waals surface area (Å²) in [5.41, 5.74) is 0. The first kappa shape index (κ1) is 17.3. The van der Waals surface area contributed by atoms with Gasteiger partial charge in [0.1, 0.15) is 0 Å². The van der Waals surface area contributed by atoms with E-state index in [1.54, 1.807) is 7.11 Å². The first-order valence-electron chi connectivity index (χ1n) is 6.29. The van der Waals surface area contributed by atoms with Crippen molar-refractivity contribution in [2.75, 3.05) is 53.7 Å². The van der Waals surface area contributed by atoms with Crippen molar-refractivity contribution in [1.82, 2.24) is 10.2 Å². The third-order valence-corrected chi connectivity index (χ3v) is 2.69. The first-order valence-corrected chi connectivity index (χ1v) is 6.29. The van der Waals surface area contributed by atoms with Gasteiger partial charge in [0.05, 0.1) is 25.9 Å². The van der Waals surface area contributed by atoms with Crippen molar-refractivity contribution in [2.45, 2.75) is 19.4 Å². The van der Waals surface area contributed by atoms with Crippen molar-refractivity contribution < 1.29 is 19.4 Å². The minimum absolute atomic E-state index is 0.00996. The monoisotopic (exact) mass is 262 g/mol. The molecule has 1 atom stereocenters. The van der Waals surface area contributed by atoms with Gasteiger partial charge in [0.15, 0.2) is 0 Å². The first-order chi connectivity index (χ1) is 8.63. The van der Waals surface area contributed by atoms with Gasteiger partial charge >= 0.3 is 0 Å². The van der Waals surface area contributed by atoms with E-state index in [1.165, 1.54) is 0 Å². The molecule has 0 spiro atoms. The fraction of sp³-hybridized carbons (Fsp3) is 0.917. The zero-order valence-electron chi connectivity index (χ0n) is 11.6. The van der Waals surface area contributed by atoms with Gasteiger partial charge in [0.2, 0.25) is 5.91 Å². The highest BCUT2D eigenvalue weighted by Gasteiger charge is 2.16. The molecule has 0 aliphatic rings. The number of hydrogen-bond acceptors (Lipinski definition) is 5. The molecule has 6 heteroatoms. The lowest BCUT2D eigenvalue weighted by molar-refractivity contribution is -0.125. The molecule has 18 heavy (non-hydrogen) atoms. The molecule has 6 nitrogen and oxygen atoms in total. The van der Waals surface area contributed by atoms with Gasteiger partial charge in [0.25, 0.3) is 0 Å². The number of amides is 1. The van der Waals surface area contributed by atoms with Crippen LogP contribution in [0.3, 0.4) is 0 Å². The molecule has 108 valence electrons. The topological polar surface area (TPSA) is 71.0 Å². The van der Waals surface area contributed by atoms with Crippen LogP contribution in [-0.2, 0) is 14.3 Å². The summed E-state index contributed by atoms with van der Waals surface area (Å²) in [6.07, 6.45) is 0.818. The van der Waals surface area contributed by atoms with Gasteiger partial charge in [-0.15, -0.1) is 0 Å². The standard InChI is InChI=1S/C12H26N2O4/c1-11(12(16)13-5-4-8-17-3)14(2)6-9-18-10-7-15/h11,15H,4-10H2,1-3H3,(H,13,16). The summed E-state index contributed by atoms with van der Waals surface area (Å²) in [6.45, 7) is 4.68. The Kier molecular flexibility index (Phi) is 11.0. The Bertz CT molecular complexity index is 214. The summed E-state index contributed by atoms with van der Waals surface area (Å²) in [6, 6.07) is -0.190. The van der Waals surface area contributed by atoms with E-state index in [1.807, 2.05) is 18.9 Å².